The Morgan fingerprint density at radius 3 is 2.43 bits per heavy atom. The number of aliphatic carboxylic acids is 1. The first-order valence-electron chi connectivity index (χ1n) is 5.50. The highest BCUT2D eigenvalue weighted by Gasteiger charge is 2.08. The van der Waals surface area contributed by atoms with Crippen molar-refractivity contribution in [1.29, 1.82) is 0 Å². The molecule has 0 fully saturated rings. The monoisotopic (exact) mass is 197 g/mol. The van der Waals surface area contributed by atoms with Crippen LogP contribution in [0.1, 0.15) is 52.4 Å². The Labute approximate surface area is 87.0 Å². The van der Waals surface area contributed by atoms with Gasteiger partial charge in [0.15, 0.2) is 0 Å². The van der Waals surface area contributed by atoms with Crippen LogP contribution in [0.15, 0.2) is 12.2 Å². The summed E-state index contributed by atoms with van der Waals surface area (Å²) >= 11 is 0. The number of rotatable bonds is 8. The Morgan fingerprint density at radius 2 is 2.00 bits per heavy atom. The van der Waals surface area contributed by atoms with Crippen molar-refractivity contribution in [1.82, 2.24) is 0 Å². The normalized spacial score (nSPS) is 12.4. The van der Waals surface area contributed by atoms with Crippen molar-refractivity contribution in [3.63, 3.8) is 0 Å². The molecule has 0 aliphatic carbocycles. The molecule has 0 aromatic rings. The fraction of sp³-hybridized carbons (Fsp3) is 0.750. The van der Waals surface area contributed by atoms with E-state index in [4.69, 9.17) is 0 Å². The van der Waals surface area contributed by atoms with Crippen LogP contribution in [0.3, 0.4) is 0 Å². The zero-order valence-corrected chi connectivity index (χ0v) is 9.34. The summed E-state index contributed by atoms with van der Waals surface area (Å²) in [5.41, 5.74) is 0.244. The van der Waals surface area contributed by atoms with Crippen LogP contribution in [0.25, 0.3) is 0 Å². The molecule has 2 heteroatoms. The first-order valence-corrected chi connectivity index (χ1v) is 5.50. The Morgan fingerprint density at radius 1 is 1.36 bits per heavy atom. The van der Waals surface area contributed by atoms with E-state index in [9.17, 15) is 9.90 Å². The van der Waals surface area contributed by atoms with Crippen LogP contribution in [-0.2, 0) is 4.79 Å². The molecule has 82 valence electrons. The average molecular weight is 197 g/mol. The van der Waals surface area contributed by atoms with Gasteiger partial charge >= 0.3 is 0 Å². The number of hydrogen-bond donors (Lipinski definition) is 0. The molecule has 0 aromatic carbocycles. The molecule has 0 radical (unpaired) electrons. The second kappa shape index (κ2) is 7.60. The molecule has 0 aliphatic rings. The Kier molecular flexibility index (Phi) is 7.17. The van der Waals surface area contributed by atoms with Crippen molar-refractivity contribution in [3.05, 3.63) is 12.2 Å². The maximum atomic E-state index is 10.5. The number of unbranched alkanes of at least 4 members (excludes halogenated alkanes) is 2. The predicted molar refractivity (Wildman–Crippen MR) is 56.7 cm³/mol. The predicted octanol–water partition coefficient (Wildman–Crippen LogP) is 2.29. The molecule has 1 atom stereocenters. The highest BCUT2D eigenvalue weighted by molar-refractivity contribution is 5.83. The van der Waals surface area contributed by atoms with Crippen molar-refractivity contribution >= 4 is 5.97 Å². The molecular weight excluding hydrogens is 176 g/mol. The van der Waals surface area contributed by atoms with E-state index in [0.717, 1.165) is 12.8 Å². The molecule has 14 heavy (non-hydrogen) atoms. The van der Waals surface area contributed by atoms with Crippen LogP contribution in [0, 0.1) is 5.92 Å². The highest BCUT2D eigenvalue weighted by atomic mass is 16.4. The van der Waals surface area contributed by atoms with E-state index in [-0.39, 0.29) is 5.57 Å². The van der Waals surface area contributed by atoms with Gasteiger partial charge in [-0.3, -0.25) is 0 Å². The van der Waals surface area contributed by atoms with Crippen LogP contribution in [-0.4, -0.2) is 5.97 Å². The van der Waals surface area contributed by atoms with Crippen molar-refractivity contribution in [3.8, 4) is 0 Å². The van der Waals surface area contributed by atoms with Crippen LogP contribution < -0.4 is 5.11 Å². The van der Waals surface area contributed by atoms with Gasteiger partial charge in [0.05, 0.1) is 5.97 Å². The molecule has 0 aliphatic heterocycles. The zero-order chi connectivity index (χ0) is 11.0. The molecule has 0 bridgehead atoms. The number of hydrogen-bond acceptors (Lipinski definition) is 2. The number of carbonyl (C=O) groups excluding carboxylic acids is 1. The lowest BCUT2D eigenvalue weighted by Crippen LogP contribution is -2.25. The molecule has 0 saturated heterocycles. The molecule has 0 aromatic heterocycles. The number of carboxylic acids is 1. The van der Waals surface area contributed by atoms with Gasteiger partial charge in [0, 0.05) is 0 Å². The van der Waals surface area contributed by atoms with Crippen LogP contribution in [0.4, 0.5) is 0 Å². The summed E-state index contributed by atoms with van der Waals surface area (Å²) in [5, 5.41) is 10.5. The summed E-state index contributed by atoms with van der Waals surface area (Å²) in [7, 11) is 0. The van der Waals surface area contributed by atoms with Gasteiger partial charge in [-0.25, -0.2) is 0 Å². The van der Waals surface area contributed by atoms with E-state index in [1.54, 1.807) is 0 Å². The lowest BCUT2D eigenvalue weighted by molar-refractivity contribution is -0.299. The van der Waals surface area contributed by atoms with Crippen molar-refractivity contribution < 1.29 is 9.90 Å². The highest BCUT2D eigenvalue weighted by Crippen LogP contribution is 2.20. The van der Waals surface area contributed by atoms with E-state index in [1.807, 2.05) is 0 Å². The van der Waals surface area contributed by atoms with Gasteiger partial charge in [0.25, 0.3) is 0 Å². The quantitative estimate of drug-likeness (QED) is 0.442. The summed E-state index contributed by atoms with van der Waals surface area (Å²) in [6.45, 7) is 7.77. The minimum absolute atomic E-state index is 0.244. The molecule has 2 nitrogen and oxygen atoms in total. The molecule has 1 unspecified atom stereocenters. The lowest BCUT2D eigenvalue weighted by Gasteiger charge is -2.16. The van der Waals surface area contributed by atoms with Crippen LogP contribution >= 0.6 is 0 Å². The van der Waals surface area contributed by atoms with Gasteiger partial charge in [-0.1, -0.05) is 52.5 Å². The number of carbonyl (C=O) groups is 1. The fourth-order valence-corrected chi connectivity index (χ4v) is 1.57. The maximum Gasteiger partial charge on any atom is 0.0669 e. The van der Waals surface area contributed by atoms with E-state index in [0.29, 0.717) is 12.3 Å². The van der Waals surface area contributed by atoms with Crippen LogP contribution in [0.5, 0.6) is 0 Å². The van der Waals surface area contributed by atoms with Gasteiger partial charge in [-0.2, -0.15) is 0 Å². The zero-order valence-electron chi connectivity index (χ0n) is 9.34. The number of carboxylic acid groups (broad SMARTS) is 1. The van der Waals surface area contributed by atoms with Crippen molar-refractivity contribution in [2.75, 3.05) is 0 Å². The molecular formula is C12H21O2-. The smallest absolute Gasteiger partial charge is 0.0669 e. The molecule has 0 rings (SSSR count). The van der Waals surface area contributed by atoms with E-state index >= 15 is 0 Å². The fourth-order valence-electron chi connectivity index (χ4n) is 1.57. The molecule has 0 spiro atoms. The molecule has 0 N–H and O–H groups in total. The first-order chi connectivity index (χ1) is 6.61. The third-order valence-corrected chi connectivity index (χ3v) is 2.62. The standard InChI is InChI=1S/C12H22O2/c1-4-6-7-8-11(5-2)9-10(3)12(13)14/h11H,3-9H2,1-2H3,(H,13,14)/p-1. The molecule has 0 heterocycles. The first kappa shape index (κ1) is 13.2. The van der Waals surface area contributed by atoms with Crippen LogP contribution in [0.2, 0.25) is 0 Å². The van der Waals surface area contributed by atoms with Gasteiger partial charge in [0.1, 0.15) is 0 Å². The van der Waals surface area contributed by atoms with E-state index < -0.39 is 5.97 Å². The third kappa shape index (κ3) is 5.79. The minimum Gasteiger partial charge on any atom is -0.545 e. The van der Waals surface area contributed by atoms with E-state index in [1.165, 1.54) is 19.3 Å². The summed E-state index contributed by atoms with van der Waals surface area (Å²) in [4.78, 5) is 10.5. The topological polar surface area (TPSA) is 40.1 Å². The maximum absolute atomic E-state index is 10.5. The third-order valence-electron chi connectivity index (χ3n) is 2.62. The van der Waals surface area contributed by atoms with Gasteiger partial charge < -0.3 is 9.90 Å². The van der Waals surface area contributed by atoms with Gasteiger partial charge in [0.2, 0.25) is 0 Å². The minimum atomic E-state index is -1.10. The summed E-state index contributed by atoms with van der Waals surface area (Å²) < 4.78 is 0. The molecule has 0 saturated carbocycles. The van der Waals surface area contributed by atoms with Crippen molar-refractivity contribution in [2.24, 2.45) is 5.92 Å². The van der Waals surface area contributed by atoms with Gasteiger partial charge in [-0.05, 0) is 17.9 Å². The average Bonchev–Trinajstić information content (AvgIpc) is 2.16. The summed E-state index contributed by atoms with van der Waals surface area (Å²) in [6.07, 6.45) is 6.34. The second-order valence-electron chi connectivity index (χ2n) is 3.87. The lowest BCUT2D eigenvalue weighted by atomic mass is 9.92. The largest absolute Gasteiger partial charge is 0.545 e. The van der Waals surface area contributed by atoms with E-state index in [2.05, 4.69) is 20.4 Å². The van der Waals surface area contributed by atoms with Crippen molar-refractivity contribution in [2.45, 2.75) is 52.4 Å². The Balaban J connectivity index is 3.78. The second-order valence-corrected chi connectivity index (χ2v) is 3.87. The Bertz CT molecular complexity index is 185. The summed E-state index contributed by atoms with van der Waals surface area (Å²) in [5.74, 6) is -0.633. The summed E-state index contributed by atoms with van der Waals surface area (Å²) in [6, 6.07) is 0. The SMILES string of the molecule is C=C(CC(CC)CCCCC)C(=O)[O-]. The van der Waals surface area contributed by atoms with Gasteiger partial charge in [-0.15, -0.1) is 0 Å². The molecule has 0 amide bonds. The Hall–Kier alpha value is -0.790.